The first-order valence-corrected chi connectivity index (χ1v) is 8.76. The Morgan fingerprint density at radius 2 is 1.68 bits per heavy atom. The Balaban J connectivity index is 1.81. The van der Waals surface area contributed by atoms with Gasteiger partial charge >= 0.3 is 0 Å². The van der Waals surface area contributed by atoms with Gasteiger partial charge in [0, 0.05) is 11.3 Å². The third-order valence-corrected chi connectivity index (χ3v) is 5.31. The van der Waals surface area contributed by atoms with Crippen molar-refractivity contribution >= 4 is 39.9 Å². The van der Waals surface area contributed by atoms with E-state index in [1.165, 1.54) is 0 Å². The molecule has 1 unspecified atom stereocenters. The average molecular weight is 366 g/mol. The minimum absolute atomic E-state index is 0.105. The zero-order valence-corrected chi connectivity index (χ0v) is 14.6. The Kier molecular flexibility index (Phi) is 3.27. The summed E-state index contributed by atoms with van der Waals surface area (Å²) < 4.78 is 2.22. The molecule has 3 aromatic carbocycles. The van der Waals surface area contributed by atoms with Crippen molar-refractivity contribution in [2.45, 2.75) is 6.17 Å². The van der Waals surface area contributed by atoms with Crippen LogP contribution in [0.1, 0.15) is 11.7 Å². The number of hydrogen-bond acceptors (Lipinski definition) is 2. The number of nitrogens with zero attached hydrogens (tertiary/aromatic N) is 2. The van der Waals surface area contributed by atoms with Gasteiger partial charge in [-0.15, -0.1) is 0 Å². The number of fused-ring (bicyclic) bond motifs is 5. The van der Waals surface area contributed by atoms with Gasteiger partial charge in [0.15, 0.2) is 0 Å². The van der Waals surface area contributed by atoms with Gasteiger partial charge in [0.2, 0.25) is 0 Å². The molecule has 2 heterocycles. The molecule has 1 aromatic heterocycles. The Hall–Kier alpha value is -2.49. The van der Waals surface area contributed by atoms with E-state index in [9.17, 15) is 0 Å². The van der Waals surface area contributed by atoms with Gasteiger partial charge in [-0.1, -0.05) is 53.5 Å². The summed E-state index contributed by atoms with van der Waals surface area (Å²) in [6, 6.07) is 22.1. The van der Waals surface area contributed by atoms with E-state index in [0.29, 0.717) is 10.0 Å². The number of rotatable bonds is 1. The van der Waals surface area contributed by atoms with E-state index in [2.05, 4.69) is 28.1 Å². The maximum atomic E-state index is 6.27. The van der Waals surface area contributed by atoms with E-state index in [0.717, 1.165) is 33.7 Å². The van der Waals surface area contributed by atoms with E-state index in [1.54, 1.807) is 0 Å². The maximum absolute atomic E-state index is 6.27. The number of hydrogen-bond donors (Lipinski definition) is 1. The molecule has 0 bridgehead atoms. The standard InChI is InChI=1S/C20H13Cl2N3/c21-14-10-9-12(11-15(14)22)19-23-16-6-2-1-5-13(16)20-24-17-7-3-4-8-18(17)25(19)20/h1-11,19,23H. The van der Waals surface area contributed by atoms with Crippen LogP contribution >= 0.6 is 23.2 Å². The molecule has 1 aliphatic heterocycles. The molecule has 1 aliphatic rings. The number of anilines is 1. The molecule has 0 fully saturated rings. The Morgan fingerprint density at radius 1 is 0.880 bits per heavy atom. The molecule has 5 heteroatoms. The van der Waals surface area contributed by atoms with Gasteiger partial charge in [-0.25, -0.2) is 4.98 Å². The van der Waals surface area contributed by atoms with E-state index in [-0.39, 0.29) is 6.17 Å². The molecule has 25 heavy (non-hydrogen) atoms. The highest BCUT2D eigenvalue weighted by atomic mass is 35.5. The molecular formula is C20H13Cl2N3. The van der Waals surface area contributed by atoms with Crippen LogP contribution in [-0.4, -0.2) is 9.55 Å². The van der Waals surface area contributed by atoms with Crippen LogP contribution < -0.4 is 5.32 Å². The highest BCUT2D eigenvalue weighted by Crippen LogP contribution is 2.41. The molecular weight excluding hydrogens is 353 g/mol. The Labute approximate surface area is 154 Å². The monoisotopic (exact) mass is 365 g/mol. The van der Waals surface area contributed by atoms with Crippen LogP contribution in [0.4, 0.5) is 5.69 Å². The lowest BCUT2D eigenvalue weighted by Gasteiger charge is -2.30. The molecule has 1 N–H and O–H groups in total. The molecule has 122 valence electrons. The maximum Gasteiger partial charge on any atom is 0.145 e. The molecule has 1 atom stereocenters. The van der Waals surface area contributed by atoms with E-state index >= 15 is 0 Å². The number of imidazole rings is 1. The fourth-order valence-electron chi connectivity index (χ4n) is 3.43. The van der Waals surface area contributed by atoms with E-state index in [1.807, 2.05) is 48.5 Å². The van der Waals surface area contributed by atoms with Crippen LogP contribution in [0.2, 0.25) is 10.0 Å². The zero-order valence-electron chi connectivity index (χ0n) is 13.1. The van der Waals surface area contributed by atoms with Gasteiger partial charge in [0.05, 0.1) is 21.1 Å². The number of aromatic nitrogens is 2. The molecule has 0 amide bonds. The second kappa shape index (κ2) is 5.51. The molecule has 0 saturated heterocycles. The second-order valence-electron chi connectivity index (χ2n) is 6.06. The van der Waals surface area contributed by atoms with Gasteiger partial charge in [0.1, 0.15) is 12.0 Å². The topological polar surface area (TPSA) is 29.9 Å². The van der Waals surface area contributed by atoms with Crippen molar-refractivity contribution in [1.29, 1.82) is 0 Å². The number of nitrogens with one attached hydrogen (secondary N) is 1. The normalized spacial score (nSPS) is 15.5. The lowest BCUT2D eigenvalue weighted by atomic mass is 10.1. The Bertz CT molecular complexity index is 1120. The summed E-state index contributed by atoms with van der Waals surface area (Å²) >= 11 is 12.4. The van der Waals surface area contributed by atoms with Crippen molar-refractivity contribution in [3.63, 3.8) is 0 Å². The van der Waals surface area contributed by atoms with Crippen molar-refractivity contribution in [2.75, 3.05) is 5.32 Å². The second-order valence-corrected chi connectivity index (χ2v) is 6.87. The summed E-state index contributed by atoms with van der Waals surface area (Å²) in [7, 11) is 0. The molecule has 0 radical (unpaired) electrons. The SMILES string of the molecule is Clc1ccc(C2Nc3ccccc3-c3nc4ccccc4n32)cc1Cl. The lowest BCUT2D eigenvalue weighted by molar-refractivity contribution is 0.669. The molecule has 4 aromatic rings. The van der Waals surface area contributed by atoms with Gasteiger partial charge in [-0.3, -0.25) is 4.57 Å². The molecule has 0 aliphatic carbocycles. The van der Waals surface area contributed by atoms with Crippen molar-refractivity contribution in [3.8, 4) is 11.4 Å². The van der Waals surface area contributed by atoms with Crippen LogP contribution in [0, 0.1) is 0 Å². The third kappa shape index (κ3) is 2.24. The predicted octanol–water partition coefficient (Wildman–Crippen LogP) is 5.98. The summed E-state index contributed by atoms with van der Waals surface area (Å²) in [6.45, 7) is 0. The summed E-state index contributed by atoms with van der Waals surface area (Å²) in [5.74, 6) is 0.951. The average Bonchev–Trinajstić information content (AvgIpc) is 3.03. The molecule has 5 rings (SSSR count). The molecule has 3 nitrogen and oxygen atoms in total. The number of halogens is 2. The highest BCUT2D eigenvalue weighted by Gasteiger charge is 2.28. The van der Waals surface area contributed by atoms with Crippen LogP contribution in [-0.2, 0) is 0 Å². The van der Waals surface area contributed by atoms with E-state index in [4.69, 9.17) is 28.2 Å². The lowest BCUT2D eigenvalue weighted by Crippen LogP contribution is -2.24. The van der Waals surface area contributed by atoms with Crippen LogP contribution in [0.5, 0.6) is 0 Å². The summed E-state index contributed by atoms with van der Waals surface area (Å²) in [5.41, 5.74) is 5.24. The van der Waals surface area contributed by atoms with Crippen molar-refractivity contribution < 1.29 is 0 Å². The molecule has 0 saturated carbocycles. The smallest absolute Gasteiger partial charge is 0.145 e. The van der Waals surface area contributed by atoms with Gasteiger partial charge in [0.25, 0.3) is 0 Å². The summed E-state index contributed by atoms with van der Waals surface area (Å²) in [4.78, 5) is 4.87. The van der Waals surface area contributed by atoms with Gasteiger partial charge in [-0.05, 0) is 42.0 Å². The van der Waals surface area contributed by atoms with Crippen molar-refractivity contribution in [1.82, 2.24) is 9.55 Å². The largest absolute Gasteiger partial charge is 0.361 e. The quantitative estimate of drug-likeness (QED) is 0.449. The summed E-state index contributed by atoms with van der Waals surface area (Å²) in [5, 5.41) is 4.72. The van der Waals surface area contributed by atoms with E-state index < -0.39 is 0 Å². The fraction of sp³-hybridized carbons (Fsp3) is 0.0500. The van der Waals surface area contributed by atoms with Crippen LogP contribution in [0.15, 0.2) is 66.7 Å². The number of para-hydroxylation sites is 3. The van der Waals surface area contributed by atoms with Gasteiger partial charge in [-0.2, -0.15) is 0 Å². The fourth-order valence-corrected chi connectivity index (χ4v) is 3.73. The van der Waals surface area contributed by atoms with Crippen molar-refractivity contribution in [2.24, 2.45) is 0 Å². The predicted molar refractivity (Wildman–Crippen MR) is 103 cm³/mol. The minimum Gasteiger partial charge on any atom is -0.361 e. The molecule has 0 spiro atoms. The summed E-state index contributed by atoms with van der Waals surface area (Å²) in [6.07, 6.45) is -0.105. The van der Waals surface area contributed by atoms with Crippen LogP contribution in [0.25, 0.3) is 22.4 Å². The highest BCUT2D eigenvalue weighted by molar-refractivity contribution is 6.42. The Morgan fingerprint density at radius 3 is 2.56 bits per heavy atom. The number of benzene rings is 3. The minimum atomic E-state index is -0.105. The van der Waals surface area contributed by atoms with Gasteiger partial charge < -0.3 is 5.32 Å². The van der Waals surface area contributed by atoms with Crippen LogP contribution in [0.3, 0.4) is 0 Å². The first kappa shape index (κ1) is 14.8. The first-order valence-electron chi connectivity index (χ1n) is 8.00. The van der Waals surface area contributed by atoms with Crippen molar-refractivity contribution in [3.05, 3.63) is 82.3 Å². The zero-order chi connectivity index (χ0) is 17.0. The third-order valence-electron chi connectivity index (χ3n) is 4.57. The first-order chi connectivity index (χ1) is 12.2.